The van der Waals surface area contributed by atoms with E-state index in [9.17, 15) is 19.3 Å². The summed E-state index contributed by atoms with van der Waals surface area (Å²) in [7, 11) is 0. The van der Waals surface area contributed by atoms with Crippen molar-refractivity contribution < 1.29 is 14.1 Å². The van der Waals surface area contributed by atoms with Crippen molar-refractivity contribution in [3.63, 3.8) is 0 Å². The molecule has 0 saturated heterocycles. The summed E-state index contributed by atoms with van der Waals surface area (Å²) in [6, 6.07) is 7.98. The van der Waals surface area contributed by atoms with Crippen LogP contribution in [-0.4, -0.2) is 46.9 Å². The van der Waals surface area contributed by atoms with Gasteiger partial charge in [0.1, 0.15) is 5.82 Å². The first-order valence-electron chi connectivity index (χ1n) is 9.38. The molecule has 2 aromatic carbocycles. The number of carbonyl (C=O) groups excluding carboxylic acids is 1. The largest absolute Gasteiger partial charge is 0.302 e. The van der Waals surface area contributed by atoms with E-state index in [1.54, 1.807) is 6.07 Å². The molecule has 0 aliphatic carbocycles. The molecular weight excluding hydrogens is 431 g/mol. The summed E-state index contributed by atoms with van der Waals surface area (Å²) in [5.41, 5.74) is 0.371. The summed E-state index contributed by atoms with van der Waals surface area (Å²) in [5, 5.41) is 11.7. The van der Waals surface area contributed by atoms with E-state index in [4.69, 9.17) is 11.6 Å². The summed E-state index contributed by atoms with van der Waals surface area (Å²) in [4.78, 5) is 32.0. The maximum atomic E-state index is 13.6. The minimum Gasteiger partial charge on any atom is -0.302 e. The van der Waals surface area contributed by atoms with Gasteiger partial charge in [-0.15, -0.1) is 0 Å². The predicted molar refractivity (Wildman–Crippen MR) is 117 cm³/mol. The second-order valence-electron chi connectivity index (χ2n) is 6.51. The van der Waals surface area contributed by atoms with Crippen molar-refractivity contribution in [2.75, 3.05) is 31.1 Å². The lowest BCUT2D eigenvalue weighted by Crippen LogP contribution is -2.39. The van der Waals surface area contributed by atoms with Crippen LogP contribution < -0.4 is 4.90 Å². The van der Waals surface area contributed by atoms with Crippen molar-refractivity contribution >= 4 is 49.9 Å². The minimum atomic E-state index is -0.576. The van der Waals surface area contributed by atoms with Gasteiger partial charge in [0.2, 0.25) is 0 Å². The number of amides is 1. The number of rotatable bonds is 8. The van der Waals surface area contributed by atoms with Gasteiger partial charge in [-0.25, -0.2) is 9.37 Å². The molecular formula is C20H20ClFN4O3S. The number of non-ortho nitro benzene ring substituents is 1. The molecule has 3 rings (SSSR count). The molecule has 0 saturated carbocycles. The van der Waals surface area contributed by atoms with Gasteiger partial charge >= 0.3 is 0 Å². The number of nitrogens with zero attached hydrogens (tertiary/aromatic N) is 4. The molecule has 7 nitrogen and oxygen atoms in total. The van der Waals surface area contributed by atoms with Crippen LogP contribution in [0.2, 0.25) is 5.02 Å². The van der Waals surface area contributed by atoms with Gasteiger partial charge < -0.3 is 4.90 Å². The Morgan fingerprint density at radius 3 is 2.60 bits per heavy atom. The van der Waals surface area contributed by atoms with E-state index in [2.05, 4.69) is 9.88 Å². The molecule has 0 unspecified atom stereocenters. The number of hydrogen-bond acceptors (Lipinski definition) is 6. The lowest BCUT2D eigenvalue weighted by atomic mass is 10.1. The third kappa shape index (κ3) is 4.75. The normalized spacial score (nSPS) is 11.2. The highest BCUT2D eigenvalue weighted by Gasteiger charge is 2.25. The first-order valence-corrected chi connectivity index (χ1v) is 10.6. The van der Waals surface area contributed by atoms with E-state index in [0.29, 0.717) is 28.4 Å². The Morgan fingerprint density at radius 1 is 1.20 bits per heavy atom. The van der Waals surface area contributed by atoms with Crippen LogP contribution in [0.15, 0.2) is 36.4 Å². The van der Waals surface area contributed by atoms with Crippen LogP contribution in [0, 0.1) is 15.9 Å². The predicted octanol–water partition coefficient (Wildman–Crippen LogP) is 4.99. The third-order valence-corrected chi connectivity index (χ3v) is 6.11. The van der Waals surface area contributed by atoms with E-state index < -0.39 is 10.8 Å². The summed E-state index contributed by atoms with van der Waals surface area (Å²) in [5.74, 6) is -0.879. The highest BCUT2D eigenvalue weighted by Crippen LogP contribution is 2.32. The quantitative estimate of drug-likeness (QED) is 0.357. The van der Waals surface area contributed by atoms with E-state index >= 15 is 0 Å². The molecule has 0 fully saturated rings. The van der Waals surface area contributed by atoms with Crippen LogP contribution in [-0.2, 0) is 0 Å². The Morgan fingerprint density at radius 2 is 1.93 bits per heavy atom. The van der Waals surface area contributed by atoms with Crippen molar-refractivity contribution in [3.05, 3.63) is 62.9 Å². The zero-order chi connectivity index (χ0) is 21.8. The Bertz CT molecular complexity index is 1090. The molecule has 0 radical (unpaired) electrons. The van der Waals surface area contributed by atoms with Gasteiger partial charge in [0, 0.05) is 25.2 Å². The second kappa shape index (κ2) is 9.46. The molecule has 30 heavy (non-hydrogen) atoms. The summed E-state index contributed by atoms with van der Waals surface area (Å²) in [6.07, 6.45) is 0. The molecule has 158 valence electrons. The minimum absolute atomic E-state index is 0.0239. The van der Waals surface area contributed by atoms with E-state index in [1.165, 1.54) is 46.6 Å². The number of likely N-dealkylation sites (N-methyl/N-ethyl adjacent to an activating group) is 1. The number of anilines is 1. The third-order valence-electron chi connectivity index (χ3n) is 4.74. The molecule has 0 aliphatic heterocycles. The molecule has 0 N–H and O–H groups in total. The molecule has 3 aromatic rings. The zero-order valence-electron chi connectivity index (χ0n) is 16.5. The fraction of sp³-hybridized carbons (Fsp3) is 0.300. The number of nitro benzene ring substituents is 1. The maximum Gasteiger partial charge on any atom is 0.270 e. The molecule has 1 aromatic heterocycles. The monoisotopic (exact) mass is 450 g/mol. The van der Waals surface area contributed by atoms with Crippen molar-refractivity contribution in [2.45, 2.75) is 13.8 Å². The highest BCUT2D eigenvalue weighted by molar-refractivity contribution is 7.22. The first-order chi connectivity index (χ1) is 14.3. The van der Waals surface area contributed by atoms with Crippen LogP contribution in [0.3, 0.4) is 0 Å². The molecule has 1 amide bonds. The van der Waals surface area contributed by atoms with Crippen molar-refractivity contribution in [1.82, 2.24) is 9.88 Å². The van der Waals surface area contributed by atoms with Gasteiger partial charge in [0.05, 0.1) is 25.7 Å². The summed E-state index contributed by atoms with van der Waals surface area (Å²) < 4.78 is 14.2. The van der Waals surface area contributed by atoms with Crippen LogP contribution in [0.5, 0.6) is 0 Å². The average molecular weight is 451 g/mol. The van der Waals surface area contributed by atoms with Crippen LogP contribution in [0.4, 0.5) is 15.2 Å². The van der Waals surface area contributed by atoms with E-state index in [-0.39, 0.29) is 22.1 Å². The number of benzene rings is 2. The molecule has 10 heteroatoms. The fourth-order valence-corrected chi connectivity index (χ4v) is 4.22. The number of thiazole rings is 1. The maximum absolute atomic E-state index is 13.6. The number of aromatic nitrogens is 1. The molecule has 0 aliphatic rings. The SMILES string of the molecule is CCN(CC)CCN(C(=O)c1cc([N+](=O)[O-])ccc1Cl)c1nc2ccc(F)cc2s1. The van der Waals surface area contributed by atoms with Gasteiger partial charge in [0.25, 0.3) is 11.6 Å². The van der Waals surface area contributed by atoms with Gasteiger partial charge in [-0.1, -0.05) is 36.8 Å². The standard InChI is InChI=1S/C20H20ClFN4O3S/c1-3-24(4-2)9-10-25(20-23-17-8-5-13(22)11-18(17)30-20)19(27)15-12-14(26(28)29)6-7-16(15)21/h5-8,11-12H,3-4,9-10H2,1-2H3. The second-order valence-corrected chi connectivity index (χ2v) is 7.93. The topological polar surface area (TPSA) is 79.6 Å². The van der Waals surface area contributed by atoms with Crippen molar-refractivity contribution in [1.29, 1.82) is 0 Å². The highest BCUT2D eigenvalue weighted by atomic mass is 35.5. The zero-order valence-corrected chi connectivity index (χ0v) is 18.0. The van der Waals surface area contributed by atoms with Crippen molar-refractivity contribution in [2.24, 2.45) is 0 Å². The lowest BCUT2D eigenvalue weighted by Gasteiger charge is -2.25. The number of hydrogen-bond donors (Lipinski definition) is 0. The van der Waals surface area contributed by atoms with Crippen LogP contribution in [0.25, 0.3) is 10.2 Å². The van der Waals surface area contributed by atoms with Gasteiger partial charge in [0.15, 0.2) is 5.13 Å². The first kappa shape index (κ1) is 22.1. The smallest absolute Gasteiger partial charge is 0.270 e. The average Bonchev–Trinajstić information content (AvgIpc) is 3.13. The fourth-order valence-electron chi connectivity index (χ4n) is 3.00. The lowest BCUT2D eigenvalue weighted by molar-refractivity contribution is -0.384. The Hall–Kier alpha value is -2.62. The van der Waals surface area contributed by atoms with E-state index in [1.807, 2.05) is 13.8 Å². The molecule has 0 atom stereocenters. The Balaban J connectivity index is 2.03. The molecule has 1 heterocycles. The van der Waals surface area contributed by atoms with Crippen LogP contribution >= 0.6 is 22.9 Å². The number of carbonyl (C=O) groups is 1. The van der Waals surface area contributed by atoms with Gasteiger partial charge in [-0.05, 0) is 37.4 Å². The number of fused-ring (bicyclic) bond motifs is 1. The molecule has 0 spiro atoms. The van der Waals surface area contributed by atoms with Crippen LogP contribution in [0.1, 0.15) is 24.2 Å². The number of halogens is 2. The van der Waals surface area contributed by atoms with Crippen molar-refractivity contribution in [3.8, 4) is 0 Å². The Labute approximate surface area is 181 Å². The van der Waals surface area contributed by atoms with Gasteiger partial charge in [-0.2, -0.15) is 0 Å². The molecule has 0 bridgehead atoms. The Kier molecular flexibility index (Phi) is 6.96. The summed E-state index contributed by atoms with van der Waals surface area (Å²) in [6.45, 7) is 6.54. The van der Waals surface area contributed by atoms with E-state index in [0.717, 1.165) is 13.1 Å². The summed E-state index contributed by atoms with van der Waals surface area (Å²) >= 11 is 7.38. The number of nitro groups is 1. The van der Waals surface area contributed by atoms with Gasteiger partial charge in [-0.3, -0.25) is 19.8 Å².